The molecule has 0 saturated heterocycles. The van der Waals surface area contributed by atoms with E-state index in [2.05, 4.69) is 11.4 Å². The molecule has 3 nitrogen and oxygen atoms in total. The van der Waals surface area contributed by atoms with Gasteiger partial charge in [0.05, 0.1) is 10.7 Å². The fourth-order valence-electron chi connectivity index (χ4n) is 1.59. The SMILES string of the molecule is N=C(N)S/C=C/C1=Cc2cccc(Cl)c2NC1. The highest BCUT2D eigenvalue weighted by Crippen LogP contribution is 2.31. The lowest BCUT2D eigenvalue weighted by atomic mass is 10.0. The van der Waals surface area contributed by atoms with E-state index in [4.69, 9.17) is 22.7 Å². The molecule has 0 aromatic heterocycles. The summed E-state index contributed by atoms with van der Waals surface area (Å²) >= 11 is 7.27. The summed E-state index contributed by atoms with van der Waals surface area (Å²) in [7, 11) is 0. The number of amidine groups is 1. The van der Waals surface area contributed by atoms with E-state index >= 15 is 0 Å². The Labute approximate surface area is 109 Å². The van der Waals surface area contributed by atoms with E-state index in [-0.39, 0.29) is 5.17 Å². The van der Waals surface area contributed by atoms with Crippen molar-refractivity contribution in [1.82, 2.24) is 0 Å². The molecule has 1 aromatic carbocycles. The van der Waals surface area contributed by atoms with Crippen LogP contribution in [0.4, 0.5) is 5.69 Å². The van der Waals surface area contributed by atoms with Gasteiger partial charge in [-0.05, 0) is 28.7 Å². The van der Waals surface area contributed by atoms with Crippen molar-refractivity contribution in [3.05, 3.63) is 45.8 Å². The van der Waals surface area contributed by atoms with Crippen molar-refractivity contribution in [3.8, 4) is 0 Å². The zero-order chi connectivity index (χ0) is 12.3. The molecule has 5 heteroatoms. The number of hydrogen-bond acceptors (Lipinski definition) is 3. The fraction of sp³-hybridized carbons (Fsp3) is 0.0833. The lowest BCUT2D eigenvalue weighted by Gasteiger charge is -2.17. The van der Waals surface area contributed by atoms with Gasteiger partial charge in [0.2, 0.25) is 0 Å². The highest BCUT2D eigenvalue weighted by Gasteiger charge is 2.10. The second kappa shape index (κ2) is 5.29. The Kier molecular flexibility index (Phi) is 3.76. The van der Waals surface area contributed by atoms with Crippen molar-refractivity contribution < 1.29 is 0 Å². The van der Waals surface area contributed by atoms with Crippen molar-refractivity contribution in [2.24, 2.45) is 5.73 Å². The normalized spacial score (nSPS) is 14.1. The minimum absolute atomic E-state index is 0.0917. The summed E-state index contributed by atoms with van der Waals surface area (Å²) in [6.07, 6.45) is 4.03. The van der Waals surface area contributed by atoms with Crippen LogP contribution < -0.4 is 11.1 Å². The van der Waals surface area contributed by atoms with Crippen LogP contribution in [-0.2, 0) is 0 Å². The third kappa shape index (κ3) is 3.05. The van der Waals surface area contributed by atoms with E-state index in [1.807, 2.05) is 29.7 Å². The van der Waals surface area contributed by atoms with Gasteiger partial charge in [-0.25, -0.2) is 0 Å². The van der Waals surface area contributed by atoms with Gasteiger partial charge in [0.15, 0.2) is 5.17 Å². The standard InChI is InChI=1S/C12H12ClN3S/c13-10-3-1-2-9-6-8(7-16-11(9)10)4-5-17-12(14)15/h1-6,16H,7H2,(H3,14,15)/b5-4+. The van der Waals surface area contributed by atoms with Gasteiger partial charge in [-0.3, -0.25) is 5.41 Å². The minimum atomic E-state index is 0.0917. The first-order valence-electron chi connectivity index (χ1n) is 5.07. The van der Waals surface area contributed by atoms with Gasteiger partial charge in [-0.15, -0.1) is 0 Å². The Hall–Kier alpha value is -1.39. The van der Waals surface area contributed by atoms with Crippen LogP contribution in [0.5, 0.6) is 0 Å². The van der Waals surface area contributed by atoms with E-state index in [1.165, 1.54) is 11.8 Å². The van der Waals surface area contributed by atoms with Crippen molar-refractivity contribution in [3.63, 3.8) is 0 Å². The largest absolute Gasteiger partial charge is 0.379 e. The molecule has 0 radical (unpaired) electrons. The monoisotopic (exact) mass is 265 g/mol. The number of thioether (sulfide) groups is 1. The van der Waals surface area contributed by atoms with Crippen LogP contribution in [-0.4, -0.2) is 11.7 Å². The molecular weight excluding hydrogens is 254 g/mol. The minimum Gasteiger partial charge on any atom is -0.379 e. The topological polar surface area (TPSA) is 61.9 Å². The van der Waals surface area contributed by atoms with Gasteiger partial charge in [0.1, 0.15) is 0 Å². The lowest BCUT2D eigenvalue weighted by molar-refractivity contribution is 1.25. The van der Waals surface area contributed by atoms with E-state index in [1.54, 1.807) is 0 Å². The Morgan fingerprint density at radius 3 is 3.12 bits per heavy atom. The fourth-order valence-corrected chi connectivity index (χ4v) is 2.23. The molecule has 1 aliphatic heterocycles. The van der Waals surface area contributed by atoms with Crippen molar-refractivity contribution in [2.45, 2.75) is 0 Å². The summed E-state index contributed by atoms with van der Waals surface area (Å²) in [6, 6.07) is 5.81. The van der Waals surface area contributed by atoms with Gasteiger partial charge in [0, 0.05) is 6.54 Å². The quantitative estimate of drug-likeness (QED) is 0.568. The lowest BCUT2D eigenvalue weighted by Crippen LogP contribution is -2.09. The third-order valence-corrected chi connectivity index (χ3v) is 3.17. The van der Waals surface area contributed by atoms with Crippen LogP contribution in [0.1, 0.15) is 5.56 Å². The third-order valence-electron chi connectivity index (χ3n) is 2.33. The molecule has 4 N–H and O–H groups in total. The van der Waals surface area contributed by atoms with E-state index in [0.717, 1.165) is 28.4 Å². The van der Waals surface area contributed by atoms with Gasteiger partial charge in [-0.2, -0.15) is 0 Å². The summed E-state index contributed by atoms with van der Waals surface area (Å²) < 4.78 is 0. The van der Waals surface area contributed by atoms with Crippen LogP contribution in [0.25, 0.3) is 6.08 Å². The number of anilines is 1. The number of nitrogens with one attached hydrogen (secondary N) is 2. The van der Waals surface area contributed by atoms with E-state index in [9.17, 15) is 0 Å². The molecule has 1 heterocycles. The average molecular weight is 266 g/mol. The predicted molar refractivity (Wildman–Crippen MR) is 76.6 cm³/mol. The molecule has 17 heavy (non-hydrogen) atoms. The number of fused-ring (bicyclic) bond motifs is 1. The number of halogens is 1. The first-order chi connectivity index (χ1) is 8.16. The number of benzene rings is 1. The molecule has 1 aromatic rings. The van der Waals surface area contributed by atoms with Crippen LogP contribution in [0.2, 0.25) is 5.02 Å². The van der Waals surface area contributed by atoms with Crippen LogP contribution in [0.3, 0.4) is 0 Å². The highest BCUT2D eigenvalue weighted by atomic mass is 35.5. The molecule has 0 spiro atoms. The molecule has 0 unspecified atom stereocenters. The van der Waals surface area contributed by atoms with Gasteiger partial charge in [-0.1, -0.05) is 41.6 Å². The first-order valence-corrected chi connectivity index (χ1v) is 6.33. The molecule has 2 rings (SSSR count). The first kappa shape index (κ1) is 12.1. The molecular formula is C12H12ClN3S. The zero-order valence-electron chi connectivity index (χ0n) is 9.03. The number of rotatable bonds is 2. The average Bonchev–Trinajstić information content (AvgIpc) is 2.29. The van der Waals surface area contributed by atoms with Crippen molar-refractivity contribution in [2.75, 3.05) is 11.9 Å². The van der Waals surface area contributed by atoms with Crippen LogP contribution in [0.15, 0.2) is 35.3 Å². The second-order valence-electron chi connectivity index (χ2n) is 3.56. The molecule has 1 aliphatic rings. The maximum absolute atomic E-state index is 7.09. The molecule has 0 bridgehead atoms. The van der Waals surface area contributed by atoms with E-state index < -0.39 is 0 Å². The molecule has 88 valence electrons. The van der Waals surface area contributed by atoms with Gasteiger partial charge >= 0.3 is 0 Å². The maximum atomic E-state index is 7.09. The second-order valence-corrected chi connectivity index (χ2v) is 4.92. The Bertz CT molecular complexity index is 508. The van der Waals surface area contributed by atoms with Crippen LogP contribution >= 0.6 is 23.4 Å². The highest BCUT2D eigenvalue weighted by molar-refractivity contribution is 8.16. The summed E-state index contributed by atoms with van der Waals surface area (Å²) in [5.74, 6) is 0. The molecule has 0 amide bonds. The Morgan fingerprint density at radius 2 is 2.35 bits per heavy atom. The number of hydrogen-bond donors (Lipinski definition) is 3. The summed E-state index contributed by atoms with van der Waals surface area (Å²) in [6.45, 7) is 0.728. The Balaban J connectivity index is 2.18. The van der Waals surface area contributed by atoms with Gasteiger partial charge in [0.25, 0.3) is 0 Å². The number of nitrogens with two attached hydrogens (primary N) is 1. The molecule has 0 aliphatic carbocycles. The smallest absolute Gasteiger partial charge is 0.155 e. The van der Waals surface area contributed by atoms with Crippen LogP contribution in [0, 0.1) is 5.41 Å². The Morgan fingerprint density at radius 1 is 1.53 bits per heavy atom. The van der Waals surface area contributed by atoms with E-state index in [0.29, 0.717) is 0 Å². The number of para-hydroxylation sites is 1. The van der Waals surface area contributed by atoms with Crippen molar-refractivity contribution >= 4 is 40.3 Å². The summed E-state index contributed by atoms with van der Waals surface area (Å²) in [4.78, 5) is 0. The summed E-state index contributed by atoms with van der Waals surface area (Å²) in [5, 5.41) is 13.0. The predicted octanol–water partition coefficient (Wildman–Crippen LogP) is 3.29. The molecule has 0 saturated carbocycles. The maximum Gasteiger partial charge on any atom is 0.155 e. The van der Waals surface area contributed by atoms with Crippen molar-refractivity contribution in [1.29, 1.82) is 5.41 Å². The zero-order valence-corrected chi connectivity index (χ0v) is 10.6. The summed E-state index contributed by atoms with van der Waals surface area (Å²) in [5.41, 5.74) is 8.44. The molecule has 0 fully saturated rings. The molecule has 0 atom stereocenters. The van der Waals surface area contributed by atoms with Gasteiger partial charge < -0.3 is 11.1 Å².